The van der Waals surface area contributed by atoms with Crippen LogP contribution in [0.15, 0.2) is 24.3 Å². The number of hydrogen-bond donors (Lipinski definition) is 3. The Bertz CT molecular complexity index is 439. The van der Waals surface area contributed by atoms with Crippen LogP contribution in [0, 0.1) is 11.8 Å². The number of carbonyl (C=O) groups is 1. The van der Waals surface area contributed by atoms with Gasteiger partial charge in [-0.3, -0.25) is 4.79 Å². The topological polar surface area (TPSA) is 77.8 Å². The van der Waals surface area contributed by atoms with Crippen LogP contribution in [0.1, 0.15) is 78.1 Å². The summed E-state index contributed by atoms with van der Waals surface area (Å²) in [5.74, 6) is -0.259. The molecule has 4 atom stereocenters. The minimum Gasteiger partial charge on any atom is -0.481 e. The first kappa shape index (κ1) is 21.9. The number of unbranched alkanes of at least 4 members (excludes halogenated alkanes) is 3. The number of hydrogen-bond acceptors (Lipinski definition) is 3. The van der Waals surface area contributed by atoms with Gasteiger partial charge in [-0.2, -0.15) is 0 Å². The minimum absolute atomic E-state index is 0.193. The molecule has 0 saturated heterocycles. The van der Waals surface area contributed by atoms with Crippen LogP contribution in [0.2, 0.25) is 0 Å². The molecule has 0 aromatic carbocycles. The van der Waals surface area contributed by atoms with Crippen molar-refractivity contribution in [3.8, 4) is 0 Å². The van der Waals surface area contributed by atoms with Crippen molar-refractivity contribution in [1.29, 1.82) is 0 Å². The summed E-state index contributed by atoms with van der Waals surface area (Å²) in [5, 5.41) is 29.3. The van der Waals surface area contributed by atoms with E-state index in [4.69, 9.17) is 5.11 Å². The number of aliphatic hydroxyl groups excluding tert-OH is 1. The van der Waals surface area contributed by atoms with Crippen molar-refractivity contribution in [2.75, 3.05) is 0 Å². The molecule has 0 heterocycles. The monoisotopic (exact) mass is 352 g/mol. The summed E-state index contributed by atoms with van der Waals surface area (Å²) in [6, 6.07) is 0. The van der Waals surface area contributed by atoms with E-state index in [0.717, 1.165) is 51.4 Å². The molecule has 4 heteroatoms. The van der Waals surface area contributed by atoms with Crippen molar-refractivity contribution in [3.63, 3.8) is 0 Å². The van der Waals surface area contributed by atoms with Crippen LogP contribution in [0.25, 0.3) is 0 Å². The molecule has 0 aromatic rings. The van der Waals surface area contributed by atoms with E-state index >= 15 is 0 Å². The highest BCUT2D eigenvalue weighted by Crippen LogP contribution is 2.36. The van der Waals surface area contributed by atoms with E-state index in [-0.39, 0.29) is 18.4 Å². The Morgan fingerprint density at radius 2 is 1.96 bits per heavy atom. The summed E-state index contributed by atoms with van der Waals surface area (Å²) in [4.78, 5) is 10.5. The largest absolute Gasteiger partial charge is 0.481 e. The highest BCUT2D eigenvalue weighted by Gasteiger charge is 2.32. The summed E-state index contributed by atoms with van der Waals surface area (Å²) < 4.78 is 0. The van der Waals surface area contributed by atoms with Crippen LogP contribution < -0.4 is 0 Å². The lowest BCUT2D eigenvalue weighted by Crippen LogP contribution is -2.22. The molecule has 0 bridgehead atoms. The second-order valence-corrected chi connectivity index (χ2v) is 7.64. The SMILES string of the molecule is CCCCCC(C)(O)C=C[C@@H]1CC[C@H](O)[C@@H]1CC=CCCCC(=O)O. The first-order valence-electron chi connectivity index (χ1n) is 9.82. The molecule has 3 N–H and O–H groups in total. The molecule has 1 aliphatic carbocycles. The lowest BCUT2D eigenvalue weighted by Gasteiger charge is -2.22. The number of aliphatic hydroxyl groups is 2. The quantitative estimate of drug-likeness (QED) is 0.358. The number of rotatable bonds is 12. The van der Waals surface area contributed by atoms with Gasteiger partial charge in [0, 0.05) is 6.42 Å². The molecule has 1 unspecified atom stereocenters. The molecule has 4 nitrogen and oxygen atoms in total. The lowest BCUT2D eigenvalue weighted by molar-refractivity contribution is -0.137. The average Bonchev–Trinajstić information content (AvgIpc) is 2.89. The zero-order valence-electron chi connectivity index (χ0n) is 15.9. The highest BCUT2D eigenvalue weighted by atomic mass is 16.4. The van der Waals surface area contributed by atoms with Gasteiger partial charge in [0.15, 0.2) is 0 Å². The van der Waals surface area contributed by atoms with Crippen LogP contribution in [0.4, 0.5) is 0 Å². The Labute approximate surface area is 152 Å². The zero-order valence-corrected chi connectivity index (χ0v) is 15.9. The maximum Gasteiger partial charge on any atom is 0.303 e. The van der Waals surface area contributed by atoms with Gasteiger partial charge in [0.2, 0.25) is 0 Å². The second-order valence-electron chi connectivity index (χ2n) is 7.64. The third-order valence-corrected chi connectivity index (χ3v) is 5.17. The van der Waals surface area contributed by atoms with Crippen molar-refractivity contribution >= 4 is 5.97 Å². The van der Waals surface area contributed by atoms with Crippen LogP contribution in [-0.2, 0) is 4.79 Å². The van der Waals surface area contributed by atoms with E-state index in [0.29, 0.717) is 12.3 Å². The van der Waals surface area contributed by atoms with Crippen molar-refractivity contribution in [1.82, 2.24) is 0 Å². The van der Waals surface area contributed by atoms with Crippen LogP contribution in [-0.4, -0.2) is 33.0 Å². The number of aliphatic carboxylic acids is 1. The van der Waals surface area contributed by atoms with Gasteiger partial charge >= 0.3 is 5.97 Å². The molecule has 0 spiro atoms. The average molecular weight is 353 g/mol. The standard InChI is InChI=1S/C21H36O4/c1-3-4-9-15-21(2,25)16-14-17-12-13-19(22)18(17)10-7-5-6-8-11-20(23)24/h5,7,14,16-19,22,25H,3-4,6,8-13,15H2,1-2H3,(H,23,24)/t17-,18+,19-,21?/m0/s1. The molecule has 0 amide bonds. The third-order valence-electron chi connectivity index (χ3n) is 5.17. The Hall–Kier alpha value is -1.13. The number of carboxylic acids is 1. The second kappa shape index (κ2) is 11.5. The summed E-state index contributed by atoms with van der Waals surface area (Å²) >= 11 is 0. The fourth-order valence-corrected chi connectivity index (χ4v) is 3.54. The van der Waals surface area contributed by atoms with Gasteiger partial charge in [-0.25, -0.2) is 0 Å². The van der Waals surface area contributed by atoms with E-state index in [1.807, 2.05) is 19.1 Å². The minimum atomic E-state index is -0.764. The van der Waals surface area contributed by atoms with Crippen LogP contribution >= 0.6 is 0 Å². The maximum absolute atomic E-state index is 10.5. The predicted molar refractivity (Wildman–Crippen MR) is 101 cm³/mol. The first-order chi connectivity index (χ1) is 11.9. The fraction of sp³-hybridized carbons (Fsp3) is 0.762. The molecular weight excluding hydrogens is 316 g/mol. The summed E-state index contributed by atoms with van der Waals surface area (Å²) in [6.07, 6.45) is 16.1. The van der Waals surface area contributed by atoms with Gasteiger partial charge in [-0.05, 0) is 57.3 Å². The lowest BCUT2D eigenvalue weighted by atomic mass is 9.88. The number of carboxylic acid groups (broad SMARTS) is 1. The molecule has 0 aliphatic heterocycles. The molecule has 0 aromatic heterocycles. The van der Waals surface area contributed by atoms with Crippen molar-refractivity contribution in [3.05, 3.63) is 24.3 Å². The van der Waals surface area contributed by atoms with Crippen molar-refractivity contribution in [2.24, 2.45) is 11.8 Å². The third kappa shape index (κ3) is 9.22. The molecule has 1 fully saturated rings. The van der Waals surface area contributed by atoms with E-state index in [9.17, 15) is 15.0 Å². The molecule has 25 heavy (non-hydrogen) atoms. The maximum atomic E-state index is 10.5. The smallest absolute Gasteiger partial charge is 0.303 e. The zero-order chi connectivity index (χ0) is 18.7. The molecular formula is C21H36O4. The first-order valence-corrected chi connectivity index (χ1v) is 9.82. The molecule has 1 rings (SSSR count). The van der Waals surface area contributed by atoms with Crippen LogP contribution in [0.3, 0.4) is 0 Å². The summed E-state index contributed by atoms with van der Waals surface area (Å²) in [6.45, 7) is 4.02. The van der Waals surface area contributed by atoms with E-state index in [2.05, 4.69) is 19.1 Å². The van der Waals surface area contributed by atoms with Gasteiger partial charge in [-0.15, -0.1) is 0 Å². The molecule has 144 valence electrons. The van der Waals surface area contributed by atoms with E-state index in [1.54, 1.807) is 0 Å². The Balaban J connectivity index is 2.45. The van der Waals surface area contributed by atoms with Gasteiger partial charge < -0.3 is 15.3 Å². The Kier molecular flexibility index (Phi) is 10.1. The molecule has 0 radical (unpaired) electrons. The summed E-state index contributed by atoms with van der Waals surface area (Å²) in [7, 11) is 0. The van der Waals surface area contributed by atoms with E-state index in [1.165, 1.54) is 0 Å². The van der Waals surface area contributed by atoms with Crippen molar-refractivity contribution in [2.45, 2.75) is 89.8 Å². The fourth-order valence-electron chi connectivity index (χ4n) is 3.54. The van der Waals surface area contributed by atoms with Crippen molar-refractivity contribution < 1.29 is 20.1 Å². The highest BCUT2D eigenvalue weighted by molar-refractivity contribution is 5.66. The van der Waals surface area contributed by atoms with Gasteiger partial charge in [-0.1, -0.05) is 50.5 Å². The predicted octanol–water partition coefficient (Wildman–Crippen LogP) is 4.46. The Morgan fingerprint density at radius 3 is 2.64 bits per heavy atom. The molecule has 1 saturated carbocycles. The van der Waals surface area contributed by atoms with Gasteiger partial charge in [0.25, 0.3) is 0 Å². The van der Waals surface area contributed by atoms with Gasteiger partial charge in [0.05, 0.1) is 11.7 Å². The molecule has 1 aliphatic rings. The number of allylic oxidation sites excluding steroid dienone is 3. The van der Waals surface area contributed by atoms with Crippen LogP contribution in [0.5, 0.6) is 0 Å². The summed E-state index contributed by atoms with van der Waals surface area (Å²) in [5.41, 5.74) is -0.764. The van der Waals surface area contributed by atoms with E-state index < -0.39 is 11.6 Å². The van der Waals surface area contributed by atoms with Gasteiger partial charge in [0.1, 0.15) is 0 Å². The Morgan fingerprint density at radius 1 is 1.20 bits per heavy atom. The normalized spacial score (nSPS) is 26.5.